The first kappa shape index (κ1) is 18.8. The van der Waals surface area contributed by atoms with Gasteiger partial charge in [0.15, 0.2) is 6.61 Å². The van der Waals surface area contributed by atoms with Crippen molar-refractivity contribution in [3.05, 3.63) is 41.2 Å². The Morgan fingerprint density at radius 3 is 2.60 bits per heavy atom. The van der Waals surface area contributed by atoms with E-state index in [-0.39, 0.29) is 12.5 Å². The minimum absolute atomic E-state index is 0.0426. The molecule has 0 unspecified atom stereocenters. The van der Waals surface area contributed by atoms with Crippen molar-refractivity contribution in [1.82, 2.24) is 15.3 Å². The van der Waals surface area contributed by atoms with Crippen LogP contribution in [0, 0.1) is 6.92 Å². The molecule has 1 heterocycles. The SMILES string of the molecule is Cc1nc(NCCNC(=O)COc2ccc(Cl)cc2)cc(N(C)C)n1. The second-order valence-corrected chi connectivity index (χ2v) is 6.01. The highest BCUT2D eigenvalue weighted by Gasteiger charge is 2.05. The molecule has 1 aromatic carbocycles. The van der Waals surface area contributed by atoms with E-state index in [0.29, 0.717) is 29.7 Å². The smallest absolute Gasteiger partial charge is 0.258 e. The van der Waals surface area contributed by atoms with Crippen LogP contribution in [0.25, 0.3) is 0 Å². The molecule has 0 aliphatic heterocycles. The van der Waals surface area contributed by atoms with Gasteiger partial charge in [-0.2, -0.15) is 0 Å². The maximum Gasteiger partial charge on any atom is 0.258 e. The third-order valence-electron chi connectivity index (χ3n) is 3.22. The number of amides is 1. The van der Waals surface area contributed by atoms with Crippen LogP contribution < -0.4 is 20.3 Å². The number of aromatic nitrogens is 2. The first-order valence-electron chi connectivity index (χ1n) is 7.86. The van der Waals surface area contributed by atoms with E-state index in [1.807, 2.05) is 32.0 Å². The number of aryl methyl sites for hydroxylation is 1. The lowest BCUT2D eigenvalue weighted by molar-refractivity contribution is -0.123. The summed E-state index contributed by atoms with van der Waals surface area (Å²) >= 11 is 5.79. The molecule has 2 aromatic rings. The highest BCUT2D eigenvalue weighted by Crippen LogP contribution is 2.15. The van der Waals surface area contributed by atoms with Crippen LogP contribution in [0.4, 0.5) is 11.6 Å². The van der Waals surface area contributed by atoms with Crippen molar-refractivity contribution in [2.24, 2.45) is 0 Å². The fourth-order valence-corrected chi connectivity index (χ4v) is 2.12. The molecular formula is C17H22ClN5O2. The predicted octanol–water partition coefficient (Wildman–Crippen LogP) is 2.11. The van der Waals surface area contributed by atoms with E-state index in [4.69, 9.17) is 16.3 Å². The molecule has 0 aliphatic carbocycles. The van der Waals surface area contributed by atoms with Crippen LogP contribution in [0.2, 0.25) is 5.02 Å². The Morgan fingerprint density at radius 1 is 1.20 bits per heavy atom. The molecule has 1 amide bonds. The normalized spacial score (nSPS) is 10.2. The molecule has 1 aromatic heterocycles. The van der Waals surface area contributed by atoms with Crippen LogP contribution in [0.5, 0.6) is 5.75 Å². The van der Waals surface area contributed by atoms with Crippen LogP contribution in [-0.2, 0) is 4.79 Å². The van der Waals surface area contributed by atoms with E-state index in [1.54, 1.807) is 24.3 Å². The van der Waals surface area contributed by atoms with Gasteiger partial charge in [0, 0.05) is 38.3 Å². The summed E-state index contributed by atoms with van der Waals surface area (Å²) in [5.74, 6) is 2.65. The number of anilines is 2. The summed E-state index contributed by atoms with van der Waals surface area (Å²) in [4.78, 5) is 22.3. The Balaban J connectivity index is 1.70. The van der Waals surface area contributed by atoms with Gasteiger partial charge >= 0.3 is 0 Å². The Morgan fingerprint density at radius 2 is 1.92 bits per heavy atom. The van der Waals surface area contributed by atoms with E-state index in [0.717, 1.165) is 11.6 Å². The molecule has 8 heteroatoms. The number of halogens is 1. The van der Waals surface area contributed by atoms with Crippen LogP contribution in [0.3, 0.4) is 0 Å². The zero-order valence-electron chi connectivity index (χ0n) is 14.5. The predicted molar refractivity (Wildman–Crippen MR) is 99.5 cm³/mol. The molecule has 0 bridgehead atoms. The summed E-state index contributed by atoms with van der Waals surface area (Å²) < 4.78 is 5.38. The number of carbonyl (C=O) groups is 1. The Hall–Kier alpha value is -2.54. The van der Waals surface area contributed by atoms with Gasteiger partial charge in [0.05, 0.1) is 0 Å². The highest BCUT2D eigenvalue weighted by atomic mass is 35.5. The van der Waals surface area contributed by atoms with E-state index in [9.17, 15) is 4.79 Å². The van der Waals surface area contributed by atoms with E-state index >= 15 is 0 Å². The average Bonchev–Trinajstić information content (AvgIpc) is 2.57. The van der Waals surface area contributed by atoms with Gasteiger partial charge in [-0.25, -0.2) is 9.97 Å². The first-order chi connectivity index (χ1) is 11.9. The largest absolute Gasteiger partial charge is 0.484 e. The van der Waals surface area contributed by atoms with E-state index < -0.39 is 0 Å². The summed E-state index contributed by atoms with van der Waals surface area (Å²) in [6, 6.07) is 8.72. The minimum Gasteiger partial charge on any atom is -0.484 e. The van der Waals surface area contributed by atoms with Crippen LogP contribution in [0.1, 0.15) is 5.82 Å². The summed E-state index contributed by atoms with van der Waals surface area (Å²) in [5.41, 5.74) is 0. The number of nitrogens with zero attached hydrogens (tertiary/aromatic N) is 3. The Kier molecular flexibility index (Phi) is 6.82. The minimum atomic E-state index is -0.190. The van der Waals surface area contributed by atoms with E-state index in [2.05, 4.69) is 20.6 Å². The molecule has 0 saturated heterocycles. The number of hydrogen-bond acceptors (Lipinski definition) is 6. The lowest BCUT2D eigenvalue weighted by atomic mass is 10.3. The number of carbonyl (C=O) groups excluding carboxylic acids is 1. The van der Waals surface area contributed by atoms with Crippen molar-refractivity contribution in [2.45, 2.75) is 6.92 Å². The monoisotopic (exact) mass is 363 g/mol. The van der Waals surface area contributed by atoms with Gasteiger partial charge in [-0.3, -0.25) is 4.79 Å². The molecule has 0 atom stereocenters. The molecule has 0 radical (unpaired) electrons. The number of nitrogens with one attached hydrogen (secondary N) is 2. The summed E-state index contributed by atoms with van der Waals surface area (Å²) in [6.45, 7) is 2.81. The van der Waals surface area contributed by atoms with Crippen molar-refractivity contribution < 1.29 is 9.53 Å². The topological polar surface area (TPSA) is 79.4 Å². The summed E-state index contributed by atoms with van der Waals surface area (Å²) in [6.07, 6.45) is 0. The number of ether oxygens (including phenoxy) is 1. The van der Waals surface area contributed by atoms with Gasteiger partial charge in [0.2, 0.25) is 0 Å². The molecule has 7 nitrogen and oxygen atoms in total. The maximum atomic E-state index is 11.8. The second-order valence-electron chi connectivity index (χ2n) is 5.57. The summed E-state index contributed by atoms with van der Waals surface area (Å²) in [5, 5.41) is 6.57. The van der Waals surface area contributed by atoms with Gasteiger partial charge in [-0.1, -0.05) is 11.6 Å². The van der Waals surface area contributed by atoms with Crippen LogP contribution >= 0.6 is 11.6 Å². The summed E-state index contributed by atoms with van der Waals surface area (Å²) in [7, 11) is 3.85. The van der Waals surface area contributed by atoms with Gasteiger partial charge in [-0.15, -0.1) is 0 Å². The fraction of sp³-hybridized carbons (Fsp3) is 0.353. The number of benzene rings is 1. The third-order valence-corrected chi connectivity index (χ3v) is 3.47. The highest BCUT2D eigenvalue weighted by molar-refractivity contribution is 6.30. The molecule has 0 aliphatic rings. The molecule has 2 rings (SSSR count). The van der Waals surface area contributed by atoms with Gasteiger partial charge < -0.3 is 20.3 Å². The Bertz CT molecular complexity index is 707. The van der Waals surface area contributed by atoms with Crippen molar-refractivity contribution >= 4 is 29.1 Å². The molecule has 134 valence electrons. The zero-order chi connectivity index (χ0) is 18.2. The van der Waals surface area contributed by atoms with Gasteiger partial charge in [-0.05, 0) is 31.2 Å². The fourth-order valence-electron chi connectivity index (χ4n) is 1.99. The van der Waals surface area contributed by atoms with Gasteiger partial charge in [0.1, 0.15) is 23.2 Å². The number of rotatable bonds is 8. The van der Waals surface area contributed by atoms with Crippen molar-refractivity contribution in [1.29, 1.82) is 0 Å². The molecule has 0 spiro atoms. The van der Waals surface area contributed by atoms with Crippen molar-refractivity contribution in [3.8, 4) is 5.75 Å². The second kappa shape index (κ2) is 9.08. The molecule has 25 heavy (non-hydrogen) atoms. The Labute approximate surface area is 152 Å². The average molecular weight is 364 g/mol. The van der Waals surface area contributed by atoms with Crippen LogP contribution in [-0.4, -0.2) is 49.7 Å². The lowest BCUT2D eigenvalue weighted by Gasteiger charge is -2.14. The molecular weight excluding hydrogens is 342 g/mol. The molecule has 0 fully saturated rings. The van der Waals surface area contributed by atoms with Crippen LogP contribution in [0.15, 0.2) is 30.3 Å². The standard InChI is InChI=1S/C17H22ClN5O2/c1-12-21-15(10-16(22-12)23(2)3)19-8-9-20-17(24)11-25-14-6-4-13(18)5-7-14/h4-7,10H,8-9,11H2,1-3H3,(H,20,24)(H,19,21,22). The number of hydrogen-bond donors (Lipinski definition) is 2. The van der Waals surface area contributed by atoms with Crippen molar-refractivity contribution in [3.63, 3.8) is 0 Å². The molecule has 2 N–H and O–H groups in total. The van der Waals surface area contributed by atoms with Gasteiger partial charge in [0.25, 0.3) is 5.91 Å². The zero-order valence-corrected chi connectivity index (χ0v) is 15.3. The maximum absolute atomic E-state index is 11.8. The van der Waals surface area contributed by atoms with Crippen molar-refractivity contribution in [2.75, 3.05) is 44.0 Å². The first-order valence-corrected chi connectivity index (χ1v) is 8.24. The third kappa shape index (κ3) is 6.46. The molecule has 0 saturated carbocycles. The lowest BCUT2D eigenvalue weighted by Crippen LogP contribution is -2.32. The van der Waals surface area contributed by atoms with E-state index in [1.165, 1.54) is 0 Å². The quantitative estimate of drug-likeness (QED) is 0.699.